The minimum absolute atomic E-state index is 0.0189. The number of carbonyl (C=O) groups is 2. The maximum absolute atomic E-state index is 13.4. The highest BCUT2D eigenvalue weighted by Crippen LogP contribution is 2.37. The highest BCUT2D eigenvalue weighted by atomic mass is 32.1. The predicted molar refractivity (Wildman–Crippen MR) is 143 cm³/mol. The first kappa shape index (κ1) is 25.7. The van der Waals surface area contributed by atoms with Gasteiger partial charge in [-0.1, -0.05) is 0 Å². The van der Waals surface area contributed by atoms with Gasteiger partial charge in [0.25, 0.3) is 5.91 Å². The first-order valence-corrected chi connectivity index (χ1v) is 13.0. The summed E-state index contributed by atoms with van der Waals surface area (Å²) in [4.78, 5) is 35.8. The van der Waals surface area contributed by atoms with Crippen molar-refractivity contribution in [1.29, 1.82) is 0 Å². The first-order chi connectivity index (χ1) is 17.4. The molecule has 0 unspecified atom stereocenters. The summed E-state index contributed by atoms with van der Waals surface area (Å²) in [6, 6.07) is 5.34. The van der Waals surface area contributed by atoms with Gasteiger partial charge in [0.2, 0.25) is 5.91 Å². The molecule has 3 aromatic rings. The monoisotopic (exact) mass is 511 g/mol. The van der Waals surface area contributed by atoms with Crippen molar-refractivity contribution >= 4 is 44.9 Å². The van der Waals surface area contributed by atoms with Gasteiger partial charge in [0.1, 0.15) is 4.83 Å². The number of hydrogen-bond acceptors (Lipinski definition) is 8. The lowest BCUT2D eigenvalue weighted by atomic mass is 9.94. The molecule has 9 nitrogen and oxygen atoms in total. The van der Waals surface area contributed by atoms with Crippen LogP contribution >= 0.6 is 11.5 Å². The zero-order valence-electron chi connectivity index (χ0n) is 21.5. The van der Waals surface area contributed by atoms with Crippen LogP contribution in [0.1, 0.15) is 42.7 Å². The summed E-state index contributed by atoms with van der Waals surface area (Å²) < 4.78 is 15.1. The van der Waals surface area contributed by atoms with Crippen LogP contribution in [0.15, 0.2) is 24.4 Å². The molecule has 1 N–H and O–H groups in total. The van der Waals surface area contributed by atoms with Crippen molar-refractivity contribution in [3.8, 4) is 11.5 Å². The Hall–Kier alpha value is -3.40. The van der Waals surface area contributed by atoms with Crippen molar-refractivity contribution in [3.63, 3.8) is 0 Å². The molecule has 1 aromatic carbocycles. The van der Waals surface area contributed by atoms with Gasteiger partial charge in [-0.15, -0.1) is 0 Å². The molecule has 0 bridgehead atoms. The van der Waals surface area contributed by atoms with Gasteiger partial charge >= 0.3 is 0 Å². The van der Waals surface area contributed by atoms with Gasteiger partial charge in [-0.2, -0.15) is 4.37 Å². The van der Waals surface area contributed by atoms with Crippen LogP contribution in [0.4, 0.5) is 11.4 Å². The molecule has 192 valence electrons. The molecule has 1 aliphatic heterocycles. The van der Waals surface area contributed by atoms with Crippen molar-refractivity contribution in [2.75, 3.05) is 50.6 Å². The van der Waals surface area contributed by atoms with Crippen LogP contribution in [0, 0.1) is 12.8 Å². The van der Waals surface area contributed by atoms with E-state index in [-0.39, 0.29) is 17.7 Å². The van der Waals surface area contributed by atoms with Gasteiger partial charge in [0.05, 0.1) is 36.6 Å². The second kappa shape index (κ2) is 11.1. The lowest BCUT2D eigenvalue weighted by molar-refractivity contribution is -0.120. The summed E-state index contributed by atoms with van der Waals surface area (Å²) in [5, 5.41) is 3.95. The molecule has 10 heteroatoms. The Bertz CT molecular complexity index is 1250. The van der Waals surface area contributed by atoms with E-state index in [1.165, 1.54) is 11.5 Å². The lowest BCUT2D eigenvalue weighted by Gasteiger charge is -2.35. The molecule has 2 aromatic heterocycles. The second-order valence-corrected chi connectivity index (χ2v) is 9.52. The molecule has 2 amide bonds. The number of aryl methyl sites for hydroxylation is 1. The summed E-state index contributed by atoms with van der Waals surface area (Å²) in [5.41, 5.74) is 3.03. The Morgan fingerprint density at radius 1 is 1.14 bits per heavy atom. The minimum Gasteiger partial charge on any atom is -0.493 e. The standard InChI is InChI=1S/C26H33N5O4S/c1-6-30(7-2)26(33)19-15-27-25-22(16(3)29-36-25)23(19)31-12-10-17(11-13-31)24(32)28-18-8-9-20(34-4)21(14-18)35-5/h8-9,14-15,17H,6-7,10-13H2,1-5H3,(H,28,32). The summed E-state index contributed by atoms with van der Waals surface area (Å²) in [7, 11) is 3.15. The van der Waals surface area contributed by atoms with Gasteiger partial charge in [0, 0.05) is 50.0 Å². The summed E-state index contributed by atoms with van der Waals surface area (Å²) >= 11 is 1.35. The van der Waals surface area contributed by atoms with E-state index in [1.807, 2.05) is 25.7 Å². The number of benzene rings is 1. The number of anilines is 2. The van der Waals surface area contributed by atoms with Gasteiger partial charge in [0.15, 0.2) is 11.5 Å². The van der Waals surface area contributed by atoms with E-state index in [0.717, 1.165) is 21.6 Å². The highest BCUT2D eigenvalue weighted by molar-refractivity contribution is 7.13. The molecule has 0 saturated carbocycles. The summed E-state index contributed by atoms with van der Waals surface area (Å²) in [6.07, 6.45) is 3.04. The van der Waals surface area contributed by atoms with Crippen LogP contribution in [0.3, 0.4) is 0 Å². The SMILES string of the molecule is CCN(CC)C(=O)c1cnc2snc(C)c2c1N1CCC(C(=O)Nc2ccc(OC)c(OC)c2)CC1. The van der Waals surface area contributed by atoms with E-state index in [2.05, 4.69) is 19.6 Å². The highest BCUT2D eigenvalue weighted by Gasteiger charge is 2.30. The van der Waals surface area contributed by atoms with Gasteiger partial charge in [-0.3, -0.25) is 9.59 Å². The second-order valence-electron chi connectivity index (χ2n) is 8.77. The molecule has 0 spiro atoms. The number of carbonyl (C=O) groups excluding carboxylic acids is 2. The first-order valence-electron chi connectivity index (χ1n) is 12.2. The number of pyridine rings is 1. The Balaban J connectivity index is 1.53. The third-order valence-electron chi connectivity index (χ3n) is 6.76. The van der Waals surface area contributed by atoms with E-state index in [1.54, 1.807) is 38.6 Å². The van der Waals surface area contributed by atoms with Gasteiger partial charge in [-0.05, 0) is 57.3 Å². The molecule has 0 radical (unpaired) electrons. The number of ether oxygens (including phenoxy) is 2. The Labute approximate surface area is 215 Å². The molecule has 0 aliphatic carbocycles. The Morgan fingerprint density at radius 3 is 2.47 bits per heavy atom. The number of nitrogens with one attached hydrogen (secondary N) is 1. The molecule has 1 saturated heterocycles. The number of nitrogens with zero attached hydrogens (tertiary/aromatic N) is 4. The number of amides is 2. The lowest BCUT2D eigenvalue weighted by Crippen LogP contribution is -2.40. The fraction of sp³-hybridized carbons (Fsp3) is 0.462. The Kier molecular flexibility index (Phi) is 7.93. The number of methoxy groups -OCH3 is 2. The van der Waals surface area contributed by atoms with E-state index < -0.39 is 0 Å². The quantitative estimate of drug-likeness (QED) is 0.480. The van der Waals surface area contributed by atoms with E-state index in [0.29, 0.717) is 61.8 Å². The van der Waals surface area contributed by atoms with Crippen molar-refractivity contribution in [2.45, 2.75) is 33.6 Å². The molecular formula is C26H33N5O4S. The maximum atomic E-state index is 13.4. The van der Waals surface area contributed by atoms with Crippen LogP contribution in [0.5, 0.6) is 11.5 Å². The average molecular weight is 512 g/mol. The number of aromatic nitrogens is 2. The van der Waals surface area contributed by atoms with E-state index >= 15 is 0 Å². The Morgan fingerprint density at radius 2 is 1.83 bits per heavy atom. The predicted octanol–water partition coefficient (Wildman–Crippen LogP) is 4.35. The average Bonchev–Trinajstić information content (AvgIpc) is 3.29. The third-order valence-corrected chi connectivity index (χ3v) is 7.61. The number of piperidine rings is 1. The van der Waals surface area contributed by atoms with E-state index in [9.17, 15) is 9.59 Å². The van der Waals surface area contributed by atoms with Crippen molar-refractivity contribution in [2.24, 2.45) is 5.92 Å². The van der Waals surface area contributed by atoms with Crippen LogP contribution < -0.4 is 19.7 Å². The largest absolute Gasteiger partial charge is 0.493 e. The molecule has 1 fully saturated rings. The molecular weight excluding hydrogens is 478 g/mol. The van der Waals surface area contributed by atoms with Crippen molar-refractivity contribution in [3.05, 3.63) is 35.7 Å². The zero-order chi connectivity index (χ0) is 25.8. The molecule has 4 rings (SSSR count). The molecule has 36 heavy (non-hydrogen) atoms. The zero-order valence-corrected chi connectivity index (χ0v) is 22.3. The van der Waals surface area contributed by atoms with Crippen LogP contribution in [-0.2, 0) is 4.79 Å². The number of hydrogen-bond donors (Lipinski definition) is 1. The molecule has 0 atom stereocenters. The van der Waals surface area contributed by atoms with Crippen molar-refractivity contribution in [1.82, 2.24) is 14.3 Å². The van der Waals surface area contributed by atoms with Gasteiger partial charge in [-0.25, -0.2) is 4.98 Å². The van der Waals surface area contributed by atoms with Crippen LogP contribution in [-0.4, -0.2) is 66.5 Å². The third kappa shape index (κ3) is 4.95. The topological polar surface area (TPSA) is 96.9 Å². The minimum atomic E-state index is -0.129. The summed E-state index contributed by atoms with van der Waals surface area (Å²) in [5.74, 6) is 1.01. The fourth-order valence-electron chi connectivity index (χ4n) is 4.73. The molecule has 1 aliphatic rings. The van der Waals surface area contributed by atoms with Crippen LogP contribution in [0.2, 0.25) is 0 Å². The normalized spacial score (nSPS) is 14.1. The summed E-state index contributed by atoms with van der Waals surface area (Å²) in [6.45, 7) is 8.50. The number of rotatable bonds is 8. The van der Waals surface area contributed by atoms with Crippen LogP contribution in [0.25, 0.3) is 10.2 Å². The smallest absolute Gasteiger partial charge is 0.257 e. The van der Waals surface area contributed by atoms with E-state index in [4.69, 9.17) is 9.47 Å². The fourth-order valence-corrected chi connectivity index (χ4v) is 5.48. The number of fused-ring (bicyclic) bond motifs is 1. The molecule has 3 heterocycles. The van der Waals surface area contributed by atoms with Crippen molar-refractivity contribution < 1.29 is 19.1 Å². The van der Waals surface area contributed by atoms with Gasteiger partial charge < -0.3 is 24.6 Å². The maximum Gasteiger partial charge on any atom is 0.257 e.